The van der Waals surface area contributed by atoms with Crippen molar-refractivity contribution in [1.29, 1.82) is 0 Å². The van der Waals surface area contributed by atoms with Crippen LogP contribution in [0.25, 0.3) is 16.9 Å². The van der Waals surface area contributed by atoms with Crippen molar-refractivity contribution in [3.63, 3.8) is 0 Å². The van der Waals surface area contributed by atoms with Gasteiger partial charge in [0.05, 0.1) is 38.4 Å². The molecule has 33 heavy (non-hydrogen) atoms. The molecule has 0 aliphatic heterocycles. The van der Waals surface area contributed by atoms with Crippen LogP contribution in [0.3, 0.4) is 0 Å². The fraction of sp³-hybridized carbons (Fsp3) is 0.120. The maximum absolute atomic E-state index is 12.8. The number of methoxy groups -OCH3 is 3. The van der Waals surface area contributed by atoms with Gasteiger partial charge < -0.3 is 25.3 Å². The van der Waals surface area contributed by atoms with Gasteiger partial charge in [0, 0.05) is 23.3 Å². The van der Waals surface area contributed by atoms with E-state index in [1.54, 1.807) is 74.5 Å². The standard InChI is InChI=1S/C25H24N4O4/c1-31-19-10-6-16(7-11-19)21-15-24(26)29(28-21)18-8-4-17(5-9-18)25(30)27-22-14-20(32-2)12-13-23(22)33-3/h4-15H,26H2,1-3H3,(H,27,30). The fourth-order valence-electron chi connectivity index (χ4n) is 3.37. The summed E-state index contributed by atoms with van der Waals surface area (Å²) in [5, 5.41) is 7.47. The third-order valence-electron chi connectivity index (χ3n) is 5.15. The molecule has 8 nitrogen and oxygen atoms in total. The van der Waals surface area contributed by atoms with Gasteiger partial charge in [-0.2, -0.15) is 5.10 Å². The zero-order valence-electron chi connectivity index (χ0n) is 18.5. The Morgan fingerprint density at radius 3 is 2.15 bits per heavy atom. The predicted octanol–water partition coefficient (Wildman–Crippen LogP) is 4.40. The van der Waals surface area contributed by atoms with Crippen molar-refractivity contribution in [2.45, 2.75) is 0 Å². The molecule has 1 amide bonds. The van der Waals surface area contributed by atoms with E-state index >= 15 is 0 Å². The van der Waals surface area contributed by atoms with E-state index in [1.807, 2.05) is 24.3 Å². The first kappa shape index (κ1) is 21.8. The number of benzene rings is 3. The van der Waals surface area contributed by atoms with E-state index in [1.165, 1.54) is 0 Å². The number of carbonyl (C=O) groups is 1. The number of nitrogen functional groups attached to an aromatic ring is 1. The highest BCUT2D eigenvalue weighted by atomic mass is 16.5. The number of hydrogen-bond donors (Lipinski definition) is 2. The Balaban J connectivity index is 1.54. The van der Waals surface area contributed by atoms with Gasteiger partial charge in [0.15, 0.2) is 0 Å². The molecule has 0 bridgehead atoms. The molecular weight excluding hydrogens is 420 g/mol. The molecule has 0 radical (unpaired) electrons. The summed E-state index contributed by atoms with van der Waals surface area (Å²) in [6.45, 7) is 0. The van der Waals surface area contributed by atoms with Gasteiger partial charge in [-0.15, -0.1) is 0 Å². The van der Waals surface area contributed by atoms with Crippen molar-refractivity contribution in [2.24, 2.45) is 0 Å². The molecule has 0 aliphatic rings. The molecule has 168 valence electrons. The molecule has 0 saturated carbocycles. The summed E-state index contributed by atoms with van der Waals surface area (Å²) in [7, 11) is 4.73. The van der Waals surface area contributed by atoms with E-state index in [0.717, 1.165) is 22.7 Å². The summed E-state index contributed by atoms with van der Waals surface area (Å²) >= 11 is 0. The molecule has 1 heterocycles. The van der Waals surface area contributed by atoms with Crippen LogP contribution in [0.2, 0.25) is 0 Å². The number of rotatable bonds is 7. The minimum absolute atomic E-state index is 0.277. The van der Waals surface area contributed by atoms with Crippen LogP contribution in [0.15, 0.2) is 72.8 Å². The van der Waals surface area contributed by atoms with Gasteiger partial charge in [0.25, 0.3) is 5.91 Å². The van der Waals surface area contributed by atoms with Crippen molar-refractivity contribution in [1.82, 2.24) is 9.78 Å². The van der Waals surface area contributed by atoms with Crippen molar-refractivity contribution in [2.75, 3.05) is 32.4 Å². The zero-order valence-corrected chi connectivity index (χ0v) is 18.5. The minimum atomic E-state index is -0.277. The van der Waals surface area contributed by atoms with E-state index in [0.29, 0.717) is 28.6 Å². The van der Waals surface area contributed by atoms with E-state index in [-0.39, 0.29) is 5.91 Å². The maximum atomic E-state index is 12.8. The van der Waals surface area contributed by atoms with Gasteiger partial charge in [0.1, 0.15) is 23.1 Å². The van der Waals surface area contributed by atoms with Gasteiger partial charge in [-0.3, -0.25) is 4.79 Å². The highest BCUT2D eigenvalue weighted by molar-refractivity contribution is 6.05. The van der Waals surface area contributed by atoms with Gasteiger partial charge in [0.2, 0.25) is 0 Å². The SMILES string of the molecule is COc1ccc(-c2cc(N)n(-c3ccc(C(=O)Nc4cc(OC)ccc4OC)cc3)n2)cc1. The number of ether oxygens (including phenoxy) is 3. The molecule has 0 aliphatic carbocycles. The number of amides is 1. The average molecular weight is 444 g/mol. The van der Waals surface area contributed by atoms with Crippen LogP contribution >= 0.6 is 0 Å². The normalized spacial score (nSPS) is 10.5. The maximum Gasteiger partial charge on any atom is 0.255 e. The summed E-state index contributed by atoms with van der Waals surface area (Å²) in [6, 6.07) is 21.6. The lowest BCUT2D eigenvalue weighted by atomic mass is 10.1. The minimum Gasteiger partial charge on any atom is -0.497 e. The number of carbonyl (C=O) groups excluding carboxylic acids is 1. The molecule has 3 N–H and O–H groups in total. The Hall–Kier alpha value is -4.46. The Kier molecular flexibility index (Phi) is 6.17. The third kappa shape index (κ3) is 4.59. The van der Waals surface area contributed by atoms with Crippen molar-refractivity contribution in [3.05, 3.63) is 78.4 Å². The highest BCUT2D eigenvalue weighted by Crippen LogP contribution is 2.29. The van der Waals surface area contributed by atoms with Crippen LogP contribution in [0.4, 0.5) is 11.5 Å². The number of nitrogens with zero attached hydrogens (tertiary/aromatic N) is 2. The zero-order chi connectivity index (χ0) is 23.4. The lowest BCUT2D eigenvalue weighted by Crippen LogP contribution is -2.13. The molecule has 3 aromatic carbocycles. The number of anilines is 2. The largest absolute Gasteiger partial charge is 0.497 e. The predicted molar refractivity (Wildman–Crippen MR) is 127 cm³/mol. The molecule has 0 saturated heterocycles. The quantitative estimate of drug-likeness (QED) is 0.438. The molecule has 1 aromatic heterocycles. The van der Waals surface area contributed by atoms with Gasteiger partial charge in [-0.05, 0) is 60.7 Å². The molecule has 0 spiro atoms. The number of aromatic nitrogens is 2. The van der Waals surface area contributed by atoms with Crippen LogP contribution in [-0.2, 0) is 0 Å². The first-order valence-corrected chi connectivity index (χ1v) is 10.2. The summed E-state index contributed by atoms with van der Waals surface area (Å²) in [4.78, 5) is 12.8. The highest BCUT2D eigenvalue weighted by Gasteiger charge is 2.13. The van der Waals surface area contributed by atoms with Gasteiger partial charge in [-0.25, -0.2) is 4.68 Å². The van der Waals surface area contributed by atoms with E-state index in [9.17, 15) is 4.79 Å². The smallest absolute Gasteiger partial charge is 0.255 e. The molecule has 8 heteroatoms. The molecular formula is C25H24N4O4. The lowest BCUT2D eigenvalue weighted by Gasteiger charge is -2.12. The topological polar surface area (TPSA) is 101 Å². The summed E-state index contributed by atoms with van der Waals surface area (Å²) in [6.07, 6.45) is 0. The second-order valence-electron chi connectivity index (χ2n) is 7.16. The van der Waals surface area contributed by atoms with E-state index < -0.39 is 0 Å². The molecule has 0 fully saturated rings. The Morgan fingerprint density at radius 1 is 0.848 bits per heavy atom. The number of nitrogens with two attached hydrogens (primary N) is 1. The summed E-state index contributed by atoms with van der Waals surface area (Å²) in [5.41, 5.74) is 9.59. The Morgan fingerprint density at radius 2 is 1.52 bits per heavy atom. The summed E-state index contributed by atoms with van der Waals surface area (Å²) in [5.74, 6) is 2.13. The third-order valence-corrected chi connectivity index (χ3v) is 5.15. The van der Waals surface area contributed by atoms with Crippen molar-refractivity contribution < 1.29 is 19.0 Å². The monoisotopic (exact) mass is 444 g/mol. The van der Waals surface area contributed by atoms with E-state index in [2.05, 4.69) is 10.4 Å². The Labute approximate surface area is 191 Å². The molecule has 4 rings (SSSR count). The number of hydrogen-bond acceptors (Lipinski definition) is 6. The Bertz CT molecular complexity index is 1260. The molecule has 0 unspecified atom stereocenters. The van der Waals surface area contributed by atoms with Crippen LogP contribution in [-0.4, -0.2) is 37.0 Å². The second-order valence-corrected chi connectivity index (χ2v) is 7.16. The van der Waals surface area contributed by atoms with Crippen LogP contribution < -0.4 is 25.3 Å². The van der Waals surface area contributed by atoms with Gasteiger partial charge in [-0.1, -0.05) is 0 Å². The molecule has 4 aromatic rings. The number of nitrogens with one attached hydrogen (secondary N) is 1. The fourth-order valence-corrected chi connectivity index (χ4v) is 3.37. The van der Waals surface area contributed by atoms with Crippen molar-refractivity contribution in [3.8, 4) is 34.2 Å². The second kappa shape index (κ2) is 9.35. The molecule has 0 atom stereocenters. The van der Waals surface area contributed by atoms with Crippen LogP contribution in [0.5, 0.6) is 17.2 Å². The first-order chi connectivity index (χ1) is 16.0. The van der Waals surface area contributed by atoms with Gasteiger partial charge >= 0.3 is 0 Å². The average Bonchev–Trinajstić information content (AvgIpc) is 3.25. The first-order valence-electron chi connectivity index (χ1n) is 10.2. The lowest BCUT2D eigenvalue weighted by molar-refractivity contribution is 0.102. The van der Waals surface area contributed by atoms with Crippen molar-refractivity contribution >= 4 is 17.4 Å². The van der Waals surface area contributed by atoms with Crippen LogP contribution in [0, 0.1) is 0 Å². The van der Waals surface area contributed by atoms with E-state index in [4.69, 9.17) is 19.9 Å². The summed E-state index contributed by atoms with van der Waals surface area (Å²) < 4.78 is 17.4. The van der Waals surface area contributed by atoms with Crippen LogP contribution in [0.1, 0.15) is 10.4 Å².